The predicted molar refractivity (Wildman–Crippen MR) is 282 cm³/mol. The fraction of sp³-hybridized carbons (Fsp3) is 0.491. The summed E-state index contributed by atoms with van der Waals surface area (Å²) < 4.78 is 115. The van der Waals surface area contributed by atoms with E-state index in [1.54, 1.807) is 77.9 Å². The van der Waals surface area contributed by atoms with Gasteiger partial charge in [0.15, 0.2) is 6.10 Å². The van der Waals surface area contributed by atoms with Gasteiger partial charge in [0.25, 0.3) is 5.92 Å². The van der Waals surface area contributed by atoms with Crippen LogP contribution in [0.25, 0.3) is 21.9 Å². The molecule has 6 atom stereocenters. The molecule has 8 rings (SSSR count). The summed E-state index contributed by atoms with van der Waals surface area (Å²) in [4.78, 5) is 78.5. The smallest absolute Gasteiger partial charge is 0.497 e. The molecule has 6 heterocycles. The zero-order chi connectivity index (χ0) is 62.9. The Morgan fingerprint density at radius 2 is 1.02 bits per heavy atom. The highest BCUT2D eigenvalue weighted by Gasteiger charge is 2.60. The molecule has 2 fully saturated rings. The molecule has 0 spiro atoms. The van der Waals surface area contributed by atoms with Crippen LogP contribution in [0.15, 0.2) is 79.3 Å². The van der Waals surface area contributed by atoms with Gasteiger partial charge in [-0.3, -0.25) is 18.7 Å². The number of methoxy groups -OCH3 is 2. The zero-order valence-electron chi connectivity index (χ0n) is 47.4. The molecule has 4 aromatic heterocycles. The Balaban J connectivity index is 0.000000221. The Morgan fingerprint density at radius 3 is 1.36 bits per heavy atom. The summed E-state index contributed by atoms with van der Waals surface area (Å²) in [6.07, 6.45) is -9.93. The average molecular weight is 1210 g/mol. The van der Waals surface area contributed by atoms with Crippen molar-refractivity contribution in [3.8, 4) is 11.5 Å². The molecule has 30 heteroatoms. The van der Waals surface area contributed by atoms with E-state index in [1.807, 2.05) is 0 Å². The Labute approximate surface area is 480 Å². The summed E-state index contributed by atoms with van der Waals surface area (Å²) in [6.45, 7) is 8.78. The van der Waals surface area contributed by atoms with Crippen LogP contribution in [-0.4, -0.2) is 138 Å². The Hall–Kier alpha value is -8.00. The second-order valence-electron chi connectivity index (χ2n) is 21.1. The SMILES string of the molecule is CC(C)(C)OC(=O)OC(=O)OC(C)(C)C.COc1cc(CO)c2oc(COC(=O)Cc3ccn([C@@H]4O[C@H](CO)[C@@H](C)C4(F)F)c(=O)n3)cc2c1.COc1cc(CO)c2oc(COC(=O)Cc3ccn([C@@H]4O[C@H](CO)[C@@H](O)C4(F)F)c(=O)n3)cc2c1. The maximum atomic E-state index is 14.5. The second-order valence-corrected chi connectivity index (χ2v) is 21.1. The summed E-state index contributed by atoms with van der Waals surface area (Å²) in [7, 11) is 2.98. The van der Waals surface area contributed by atoms with Gasteiger partial charge in [0, 0.05) is 34.3 Å². The van der Waals surface area contributed by atoms with Crippen LogP contribution in [0.3, 0.4) is 0 Å². The first kappa shape index (κ1) is 66.1. The number of nitrogens with zero attached hydrogens (tertiary/aromatic N) is 4. The fourth-order valence-corrected chi connectivity index (χ4v) is 8.29. The molecule has 0 amide bonds. The highest BCUT2D eigenvalue weighted by Crippen LogP contribution is 2.46. The van der Waals surface area contributed by atoms with Crippen molar-refractivity contribution in [3.05, 3.63) is 116 Å². The molecule has 2 saturated heterocycles. The largest absolute Gasteiger partial charge is 0.519 e. The lowest BCUT2D eigenvalue weighted by Gasteiger charge is -2.21. The molecule has 26 nitrogen and oxygen atoms in total. The number of aromatic nitrogens is 4. The van der Waals surface area contributed by atoms with Crippen molar-refractivity contribution in [2.75, 3.05) is 27.4 Å². The second kappa shape index (κ2) is 27.4. The number of ether oxygens (including phenoxy) is 9. The number of aliphatic hydroxyl groups excluding tert-OH is 5. The number of hydrogen-bond donors (Lipinski definition) is 5. The van der Waals surface area contributed by atoms with Crippen LogP contribution in [-0.2, 0) is 82.0 Å². The number of furan rings is 2. The minimum absolute atomic E-state index is 0.0289. The topological polar surface area (TPSA) is 349 Å². The number of rotatable bonds is 16. The van der Waals surface area contributed by atoms with Crippen LogP contribution >= 0.6 is 0 Å². The van der Waals surface area contributed by atoms with Crippen LogP contribution in [0.1, 0.15) is 95.0 Å². The number of benzene rings is 2. The molecule has 0 aliphatic carbocycles. The lowest BCUT2D eigenvalue weighted by atomic mass is 10.00. The van der Waals surface area contributed by atoms with Crippen LogP contribution in [0.5, 0.6) is 11.5 Å². The highest BCUT2D eigenvalue weighted by atomic mass is 19.3. The number of alkyl halides is 4. The van der Waals surface area contributed by atoms with Gasteiger partial charge in [0.05, 0.1) is 76.9 Å². The summed E-state index contributed by atoms with van der Waals surface area (Å²) in [5.41, 5.74) is -1.68. The van der Waals surface area contributed by atoms with Gasteiger partial charge in [-0.1, -0.05) is 6.92 Å². The third kappa shape index (κ3) is 16.7. The molecule has 0 unspecified atom stereocenters. The highest BCUT2D eigenvalue weighted by molar-refractivity contribution is 5.84. The van der Waals surface area contributed by atoms with E-state index in [0.717, 1.165) is 12.4 Å². The van der Waals surface area contributed by atoms with Gasteiger partial charge in [-0.25, -0.2) is 28.0 Å². The minimum atomic E-state index is -3.84. The molecule has 85 heavy (non-hydrogen) atoms. The summed E-state index contributed by atoms with van der Waals surface area (Å²) in [5.74, 6) is -8.32. The number of halogens is 4. The quantitative estimate of drug-likeness (QED) is 0.0347. The fourth-order valence-electron chi connectivity index (χ4n) is 8.29. The third-order valence-corrected chi connectivity index (χ3v) is 12.4. The lowest BCUT2D eigenvalue weighted by Crippen LogP contribution is -2.41. The maximum absolute atomic E-state index is 14.5. The van der Waals surface area contributed by atoms with E-state index in [2.05, 4.69) is 14.7 Å². The van der Waals surface area contributed by atoms with Crippen molar-refractivity contribution < 1.29 is 114 Å². The van der Waals surface area contributed by atoms with Crippen molar-refractivity contribution in [1.29, 1.82) is 0 Å². The van der Waals surface area contributed by atoms with E-state index < -0.39 is 115 Å². The molecule has 2 aliphatic rings. The number of aliphatic hydroxyl groups is 5. The van der Waals surface area contributed by atoms with Gasteiger partial charge in [0.1, 0.15) is 64.7 Å². The van der Waals surface area contributed by atoms with Gasteiger partial charge >= 0.3 is 41.6 Å². The van der Waals surface area contributed by atoms with Gasteiger partial charge < -0.3 is 77.0 Å². The van der Waals surface area contributed by atoms with Crippen molar-refractivity contribution >= 4 is 46.2 Å². The molecule has 2 aliphatic heterocycles. The van der Waals surface area contributed by atoms with E-state index >= 15 is 0 Å². The molecule has 464 valence electrons. The molecule has 6 aromatic rings. The maximum Gasteiger partial charge on any atom is 0.519 e. The monoisotopic (exact) mass is 1210 g/mol. The normalized spacial score (nSPS) is 19.7. The zero-order valence-corrected chi connectivity index (χ0v) is 47.4. The van der Waals surface area contributed by atoms with Crippen molar-refractivity contribution in [2.45, 2.75) is 142 Å². The van der Waals surface area contributed by atoms with Crippen LogP contribution in [0.4, 0.5) is 27.2 Å². The first-order chi connectivity index (χ1) is 39.8. The van der Waals surface area contributed by atoms with Crippen molar-refractivity contribution in [1.82, 2.24) is 19.1 Å². The van der Waals surface area contributed by atoms with Gasteiger partial charge in [0.2, 0.25) is 12.5 Å². The van der Waals surface area contributed by atoms with E-state index in [4.69, 9.17) is 51.8 Å². The number of carbonyl (C=O) groups is 4. The number of hydrogen-bond acceptors (Lipinski definition) is 24. The van der Waals surface area contributed by atoms with Gasteiger partial charge in [-0.15, -0.1) is 0 Å². The lowest BCUT2D eigenvalue weighted by molar-refractivity contribution is -0.145. The molecule has 0 saturated carbocycles. The molecule has 0 bridgehead atoms. The summed E-state index contributed by atoms with van der Waals surface area (Å²) >= 11 is 0. The van der Waals surface area contributed by atoms with E-state index in [0.29, 0.717) is 65.2 Å². The Kier molecular flexibility index (Phi) is 21.3. The predicted octanol–water partition coefficient (Wildman–Crippen LogP) is 5.47. The van der Waals surface area contributed by atoms with Crippen LogP contribution in [0.2, 0.25) is 0 Å². The Morgan fingerprint density at radius 1 is 0.624 bits per heavy atom. The average Bonchev–Trinajstić information content (AvgIpc) is 1.92. The molecular formula is C55H64F4N4O22. The van der Waals surface area contributed by atoms with E-state index in [1.165, 1.54) is 33.3 Å². The summed E-state index contributed by atoms with van der Waals surface area (Å²) in [5, 5.41) is 48.3. The standard InChI is InChI=1S/C23H24F2N2O8.C22H22F2N2O9.C10H18O5/c1-12-18(10-29)35-21(23(12,24)25)27-4-3-15(26-22(27)31)8-19(30)33-11-17-6-13-5-16(32-2)7-14(9-28)20(13)34-17;1-32-14-4-11-5-15(34-18(11)12(6-14)8-27)10-33-17(29)7-13-2-3-26(21(31)25-13)20-22(23,24)19(30)16(9-28)35-20;1-9(2,3)14-7(11)13-8(12)15-10(4,5)6/h3-7,12,18,21,28-29H,8-11H2,1-2H3;2-6,16,19-20,27-28,30H,7-10H2,1H3;1-6H3/t12-,18-,21-;16-,19-,20-;/m11./s1. The molecule has 0 radical (unpaired) electrons. The van der Waals surface area contributed by atoms with E-state index in [-0.39, 0.29) is 44.2 Å². The third-order valence-electron chi connectivity index (χ3n) is 12.4. The van der Waals surface area contributed by atoms with Gasteiger partial charge in [-0.05, 0) is 90.1 Å². The number of esters is 2. The molecule has 5 N–H and O–H groups in total. The number of fused-ring (bicyclic) bond motifs is 2. The minimum Gasteiger partial charge on any atom is -0.497 e. The molecule has 2 aromatic carbocycles. The first-order valence-electron chi connectivity index (χ1n) is 25.8. The van der Waals surface area contributed by atoms with Crippen molar-refractivity contribution in [2.24, 2.45) is 5.92 Å². The van der Waals surface area contributed by atoms with E-state index in [9.17, 15) is 66.8 Å². The number of carbonyl (C=O) groups excluding carboxylic acids is 4. The Bertz CT molecular complexity index is 3230. The van der Waals surface area contributed by atoms with Crippen LogP contribution < -0.4 is 20.9 Å². The first-order valence-corrected chi connectivity index (χ1v) is 25.8. The summed E-state index contributed by atoms with van der Waals surface area (Å²) in [6, 6.07) is 12.3. The van der Waals surface area contributed by atoms with Crippen LogP contribution in [0, 0.1) is 5.92 Å². The van der Waals surface area contributed by atoms with Crippen molar-refractivity contribution in [3.63, 3.8) is 0 Å². The van der Waals surface area contributed by atoms with Gasteiger partial charge in [-0.2, -0.15) is 18.7 Å². The molecular weight excluding hydrogens is 1140 g/mol.